The van der Waals surface area contributed by atoms with Gasteiger partial charge in [-0.3, -0.25) is 4.79 Å². The summed E-state index contributed by atoms with van der Waals surface area (Å²) >= 11 is 1.38. The number of thioether (sulfide) groups is 1. The molecular weight excluding hydrogens is 296 g/mol. The van der Waals surface area contributed by atoms with Gasteiger partial charge in [0.15, 0.2) is 11.0 Å². The third kappa shape index (κ3) is 3.68. The molecule has 118 valence electrons. The first kappa shape index (κ1) is 16.5. The number of benzene rings is 1. The van der Waals surface area contributed by atoms with E-state index in [9.17, 15) is 4.79 Å². The molecule has 0 bridgehead atoms. The molecule has 2 aromatic rings. The molecule has 0 atom stereocenters. The summed E-state index contributed by atoms with van der Waals surface area (Å²) in [6.45, 7) is 6.58. The van der Waals surface area contributed by atoms with E-state index in [0.29, 0.717) is 5.75 Å². The Kier molecular flexibility index (Phi) is 4.90. The van der Waals surface area contributed by atoms with Crippen molar-refractivity contribution in [2.75, 3.05) is 12.8 Å². The van der Waals surface area contributed by atoms with E-state index >= 15 is 0 Å². The van der Waals surface area contributed by atoms with Crippen LogP contribution in [0.1, 0.15) is 26.3 Å². The molecule has 0 saturated carbocycles. The molecule has 1 aromatic carbocycles. The van der Waals surface area contributed by atoms with Crippen LogP contribution < -0.4 is 5.32 Å². The Morgan fingerprint density at radius 3 is 2.41 bits per heavy atom. The molecule has 0 aliphatic rings. The fourth-order valence-corrected chi connectivity index (χ4v) is 2.80. The first-order valence-corrected chi connectivity index (χ1v) is 8.15. The van der Waals surface area contributed by atoms with Gasteiger partial charge in [0.05, 0.1) is 5.75 Å². The first-order chi connectivity index (χ1) is 10.3. The number of hydrogen-bond donors (Lipinski definition) is 1. The Balaban J connectivity index is 2.20. The van der Waals surface area contributed by atoms with Crippen molar-refractivity contribution in [2.45, 2.75) is 31.3 Å². The average molecular weight is 318 g/mol. The van der Waals surface area contributed by atoms with E-state index in [0.717, 1.165) is 16.5 Å². The highest BCUT2D eigenvalue weighted by molar-refractivity contribution is 7.99. The Labute approximate surface area is 135 Å². The average Bonchev–Trinajstić information content (AvgIpc) is 2.85. The van der Waals surface area contributed by atoms with Gasteiger partial charge in [-0.1, -0.05) is 56.8 Å². The number of rotatable bonds is 4. The zero-order valence-electron chi connectivity index (χ0n) is 13.7. The van der Waals surface area contributed by atoms with Crippen LogP contribution in [-0.4, -0.2) is 33.5 Å². The molecule has 0 spiro atoms. The van der Waals surface area contributed by atoms with Crippen LogP contribution in [-0.2, 0) is 17.3 Å². The van der Waals surface area contributed by atoms with E-state index in [4.69, 9.17) is 0 Å². The lowest BCUT2D eigenvalue weighted by atomic mass is 9.87. The van der Waals surface area contributed by atoms with Gasteiger partial charge in [0.2, 0.25) is 5.91 Å². The summed E-state index contributed by atoms with van der Waals surface area (Å²) in [6.07, 6.45) is 0. The predicted molar refractivity (Wildman–Crippen MR) is 89.9 cm³/mol. The molecule has 0 aliphatic heterocycles. The summed E-state index contributed by atoms with van der Waals surface area (Å²) in [6, 6.07) is 8.39. The fourth-order valence-electron chi connectivity index (χ4n) is 2.01. The molecule has 0 saturated heterocycles. The van der Waals surface area contributed by atoms with E-state index in [1.165, 1.54) is 17.3 Å². The smallest absolute Gasteiger partial charge is 0.230 e. The number of nitrogens with one attached hydrogen (secondary N) is 1. The number of amides is 1. The maximum Gasteiger partial charge on any atom is 0.230 e. The summed E-state index contributed by atoms with van der Waals surface area (Å²) in [4.78, 5) is 11.3. The summed E-state index contributed by atoms with van der Waals surface area (Å²) in [5.74, 6) is 1.12. The van der Waals surface area contributed by atoms with Gasteiger partial charge in [-0.2, -0.15) is 0 Å². The van der Waals surface area contributed by atoms with Gasteiger partial charge < -0.3 is 9.88 Å². The van der Waals surface area contributed by atoms with Gasteiger partial charge in [-0.25, -0.2) is 0 Å². The number of carbonyl (C=O) groups is 1. The Hall–Kier alpha value is -1.82. The highest BCUT2D eigenvalue weighted by atomic mass is 32.2. The zero-order valence-corrected chi connectivity index (χ0v) is 14.5. The van der Waals surface area contributed by atoms with Gasteiger partial charge in [0.25, 0.3) is 0 Å². The van der Waals surface area contributed by atoms with Crippen molar-refractivity contribution in [1.82, 2.24) is 20.1 Å². The van der Waals surface area contributed by atoms with E-state index in [1.807, 2.05) is 11.6 Å². The van der Waals surface area contributed by atoms with Crippen molar-refractivity contribution >= 4 is 17.7 Å². The topological polar surface area (TPSA) is 59.8 Å². The minimum atomic E-state index is -0.0240. The van der Waals surface area contributed by atoms with Crippen molar-refractivity contribution in [2.24, 2.45) is 7.05 Å². The quantitative estimate of drug-likeness (QED) is 0.880. The van der Waals surface area contributed by atoms with E-state index < -0.39 is 0 Å². The highest BCUT2D eigenvalue weighted by Crippen LogP contribution is 2.26. The summed E-state index contributed by atoms with van der Waals surface area (Å²) in [5.41, 5.74) is 2.44. The molecule has 22 heavy (non-hydrogen) atoms. The molecule has 0 radical (unpaired) electrons. The summed E-state index contributed by atoms with van der Waals surface area (Å²) in [7, 11) is 3.54. The number of carbonyl (C=O) groups excluding carboxylic acids is 1. The minimum Gasteiger partial charge on any atom is -0.358 e. The Morgan fingerprint density at radius 1 is 1.23 bits per heavy atom. The lowest BCUT2D eigenvalue weighted by molar-refractivity contribution is -0.118. The minimum absolute atomic E-state index is 0.0240. The lowest BCUT2D eigenvalue weighted by Gasteiger charge is -2.19. The number of aromatic nitrogens is 3. The Bertz CT molecular complexity index is 656. The van der Waals surface area contributed by atoms with E-state index in [1.54, 1.807) is 7.05 Å². The van der Waals surface area contributed by atoms with Crippen LogP contribution in [0.3, 0.4) is 0 Å². The third-order valence-electron chi connectivity index (χ3n) is 3.46. The van der Waals surface area contributed by atoms with Gasteiger partial charge in [0.1, 0.15) is 0 Å². The molecule has 1 heterocycles. The van der Waals surface area contributed by atoms with Gasteiger partial charge in [0, 0.05) is 19.7 Å². The predicted octanol–water partition coefficient (Wildman–Crippen LogP) is 2.62. The molecule has 2 rings (SSSR count). The van der Waals surface area contributed by atoms with Crippen molar-refractivity contribution in [1.29, 1.82) is 0 Å². The Morgan fingerprint density at radius 2 is 1.86 bits per heavy atom. The molecular formula is C16H22N4OS. The van der Waals surface area contributed by atoms with Crippen molar-refractivity contribution in [3.8, 4) is 11.4 Å². The lowest BCUT2D eigenvalue weighted by Crippen LogP contribution is -2.20. The van der Waals surface area contributed by atoms with E-state index in [2.05, 4.69) is 60.6 Å². The van der Waals surface area contributed by atoms with Crippen LogP contribution in [0.4, 0.5) is 0 Å². The molecule has 0 aliphatic carbocycles. The zero-order chi connectivity index (χ0) is 16.3. The fraction of sp³-hybridized carbons (Fsp3) is 0.438. The molecule has 0 fully saturated rings. The van der Waals surface area contributed by atoms with Crippen LogP contribution in [0.25, 0.3) is 11.4 Å². The van der Waals surface area contributed by atoms with Crippen LogP contribution in [0, 0.1) is 0 Å². The van der Waals surface area contributed by atoms with Crippen molar-refractivity contribution in [3.05, 3.63) is 29.8 Å². The van der Waals surface area contributed by atoms with E-state index in [-0.39, 0.29) is 11.3 Å². The molecule has 1 amide bonds. The highest BCUT2D eigenvalue weighted by Gasteiger charge is 2.15. The normalized spacial score (nSPS) is 11.5. The molecule has 5 nitrogen and oxygen atoms in total. The second-order valence-electron chi connectivity index (χ2n) is 6.15. The monoisotopic (exact) mass is 318 g/mol. The van der Waals surface area contributed by atoms with Crippen LogP contribution in [0.15, 0.2) is 29.4 Å². The third-order valence-corrected chi connectivity index (χ3v) is 4.48. The standard InChI is InChI=1S/C16H22N4OS/c1-16(2,3)12-8-6-11(7-9-12)14-18-19-15(20(14)5)22-10-13(21)17-4/h6-9H,10H2,1-5H3,(H,17,21). The van der Waals surface area contributed by atoms with Crippen molar-refractivity contribution in [3.63, 3.8) is 0 Å². The van der Waals surface area contributed by atoms with Gasteiger partial charge in [-0.05, 0) is 11.0 Å². The largest absolute Gasteiger partial charge is 0.358 e. The SMILES string of the molecule is CNC(=O)CSc1nnc(-c2ccc(C(C)(C)C)cc2)n1C. The first-order valence-electron chi connectivity index (χ1n) is 7.16. The number of nitrogens with zero attached hydrogens (tertiary/aromatic N) is 3. The maximum atomic E-state index is 11.3. The van der Waals surface area contributed by atoms with Gasteiger partial charge >= 0.3 is 0 Å². The molecule has 1 aromatic heterocycles. The molecule has 6 heteroatoms. The number of hydrogen-bond acceptors (Lipinski definition) is 4. The van der Waals surface area contributed by atoms with Gasteiger partial charge in [-0.15, -0.1) is 10.2 Å². The molecule has 0 unspecified atom stereocenters. The van der Waals surface area contributed by atoms with Crippen LogP contribution in [0.5, 0.6) is 0 Å². The van der Waals surface area contributed by atoms with Crippen molar-refractivity contribution < 1.29 is 4.79 Å². The molecule has 1 N–H and O–H groups in total. The van der Waals surface area contributed by atoms with Crippen LogP contribution >= 0.6 is 11.8 Å². The summed E-state index contributed by atoms with van der Waals surface area (Å²) < 4.78 is 1.92. The maximum absolute atomic E-state index is 11.3. The summed E-state index contributed by atoms with van der Waals surface area (Å²) in [5, 5.41) is 11.7. The second kappa shape index (κ2) is 6.52. The second-order valence-corrected chi connectivity index (χ2v) is 7.10. The van der Waals surface area contributed by atoms with Crippen LogP contribution in [0.2, 0.25) is 0 Å².